The normalized spacial score (nSPS) is 9.00. The molecule has 0 amide bonds. The molecular weight excluding hydrogens is 169 g/mol. The van der Waals surface area contributed by atoms with Crippen LogP contribution in [-0.2, 0) is 0 Å². The van der Waals surface area contributed by atoms with Gasteiger partial charge in [-0.15, -0.1) is 23.2 Å². The predicted octanol–water partition coefficient (Wildman–Crippen LogP) is 2.77. The first-order valence-corrected chi connectivity index (χ1v) is 4.67. The first kappa shape index (κ1) is 13.2. The molecule has 0 atom stereocenters. The van der Waals surface area contributed by atoms with Crippen LogP contribution < -0.4 is 0 Å². The van der Waals surface area contributed by atoms with Crippen molar-refractivity contribution >= 4 is 23.2 Å². The highest BCUT2D eigenvalue weighted by atomic mass is 35.5. The van der Waals surface area contributed by atoms with E-state index in [4.69, 9.17) is 23.2 Å². The Morgan fingerprint density at radius 1 is 0.900 bits per heavy atom. The molecule has 10 heavy (non-hydrogen) atoms. The third kappa shape index (κ3) is 11.4. The third-order valence-electron chi connectivity index (χ3n) is 1.34. The number of alkyl halides is 2. The van der Waals surface area contributed by atoms with E-state index < -0.39 is 0 Å². The zero-order chi connectivity index (χ0) is 8.41. The summed E-state index contributed by atoms with van der Waals surface area (Å²) in [5, 5.41) is 0.194. The molecule has 0 aromatic heterocycles. The molecule has 0 unspecified atom stereocenters. The molecule has 0 aliphatic rings. The van der Waals surface area contributed by atoms with Crippen LogP contribution in [0, 0.1) is 0 Å². The van der Waals surface area contributed by atoms with E-state index in [1.165, 1.54) is 19.6 Å². The van der Waals surface area contributed by atoms with Crippen molar-refractivity contribution in [1.29, 1.82) is 0 Å². The van der Waals surface area contributed by atoms with Gasteiger partial charge in [0, 0.05) is 0 Å². The highest BCUT2D eigenvalue weighted by Gasteiger charge is 1.89. The van der Waals surface area contributed by atoms with E-state index in [1.807, 2.05) is 0 Å². The summed E-state index contributed by atoms with van der Waals surface area (Å²) in [6, 6.07) is 0. The van der Waals surface area contributed by atoms with Gasteiger partial charge in [-0.3, -0.25) is 0 Å². The molecule has 0 radical (unpaired) electrons. The summed E-state index contributed by atoms with van der Waals surface area (Å²) >= 11 is 9.53. The summed E-state index contributed by atoms with van der Waals surface area (Å²) in [5.41, 5.74) is 0. The third-order valence-corrected chi connectivity index (χ3v) is 1.34. The summed E-state index contributed by atoms with van der Waals surface area (Å²) in [4.78, 5) is 2.38. The molecule has 64 valence electrons. The molecule has 0 bridgehead atoms. The van der Waals surface area contributed by atoms with Crippen molar-refractivity contribution in [2.45, 2.75) is 20.8 Å². The Labute approximate surface area is 74.3 Å². The highest BCUT2D eigenvalue weighted by molar-refractivity contribution is 6.40. The van der Waals surface area contributed by atoms with E-state index in [0.717, 1.165) is 0 Å². The van der Waals surface area contributed by atoms with Crippen molar-refractivity contribution in [3.63, 3.8) is 0 Å². The zero-order valence-electron chi connectivity index (χ0n) is 7.03. The average molecular weight is 186 g/mol. The van der Waals surface area contributed by atoms with Crippen molar-refractivity contribution in [3.8, 4) is 0 Å². The number of nitrogens with zero attached hydrogens (tertiary/aromatic N) is 1. The second-order valence-corrected chi connectivity index (χ2v) is 2.53. The largest absolute Gasteiger partial charge is 0.304 e. The van der Waals surface area contributed by atoms with E-state index in [1.54, 1.807) is 0 Å². The summed E-state index contributed by atoms with van der Waals surface area (Å²) in [7, 11) is 0. The van der Waals surface area contributed by atoms with E-state index in [-0.39, 0.29) is 5.34 Å². The van der Waals surface area contributed by atoms with Crippen molar-refractivity contribution in [2.75, 3.05) is 25.0 Å². The number of hydrogen-bond donors (Lipinski definition) is 0. The van der Waals surface area contributed by atoms with E-state index >= 15 is 0 Å². The standard InChI is InChI=1S/C6H15N.CH2Cl2/c1-4-7(5-2)6-3;2-1-3/h4-6H2,1-3H3;1H2. The molecule has 1 nitrogen and oxygen atoms in total. The molecule has 0 aromatic rings. The molecule has 0 spiro atoms. The summed E-state index contributed by atoms with van der Waals surface area (Å²) < 4.78 is 0. The topological polar surface area (TPSA) is 3.24 Å². The first-order valence-electron chi connectivity index (χ1n) is 3.60. The second-order valence-electron chi connectivity index (χ2n) is 1.72. The van der Waals surface area contributed by atoms with Crippen LogP contribution in [-0.4, -0.2) is 29.9 Å². The molecule has 0 fully saturated rings. The fourth-order valence-corrected chi connectivity index (χ4v) is 0.671. The fraction of sp³-hybridized carbons (Fsp3) is 1.00. The Morgan fingerprint density at radius 2 is 1.10 bits per heavy atom. The minimum atomic E-state index is 0.194. The van der Waals surface area contributed by atoms with Gasteiger partial charge in [0.2, 0.25) is 0 Å². The monoisotopic (exact) mass is 185 g/mol. The quantitative estimate of drug-likeness (QED) is 0.612. The molecule has 0 aromatic carbocycles. The lowest BCUT2D eigenvalue weighted by atomic mass is 10.5. The molecule has 0 aliphatic carbocycles. The van der Waals surface area contributed by atoms with E-state index in [9.17, 15) is 0 Å². The highest BCUT2D eigenvalue weighted by Crippen LogP contribution is 1.81. The van der Waals surface area contributed by atoms with Crippen LogP contribution in [0.4, 0.5) is 0 Å². The Kier molecular flexibility index (Phi) is 16.1. The van der Waals surface area contributed by atoms with Crippen LogP contribution in [0.2, 0.25) is 0 Å². The van der Waals surface area contributed by atoms with Crippen LogP contribution in [0.15, 0.2) is 0 Å². The molecule has 0 N–H and O–H groups in total. The lowest BCUT2D eigenvalue weighted by Crippen LogP contribution is -2.21. The Bertz CT molecular complexity index is 41.4. The minimum absolute atomic E-state index is 0.194. The number of rotatable bonds is 3. The van der Waals surface area contributed by atoms with Crippen molar-refractivity contribution in [3.05, 3.63) is 0 Å². The zero-order valence-corrected chi connectivity index (χ0v) is 8.54. The van der Waals surface area contributed by atoms with Gasteiger partial charge in [-0.1, -0.05) is 20.8 Å². The fourth-order valence-electron chi connectivity index (χ4n) is 0.671. The minimum Gasteiger partial charge on any atom is -0.304 e. The van der Waals surface area contributed by atoms with Crippen LogP contribution in [0.5, 0.6) is 0 Å². The molecular formula is C7H17Cl2N. The van der Waals surface area contributed by atoms with Crippen LogP contribution in [0.3, 0.4) is 0 Å². The lowest BCUT2D eigenvalue weighted by molar-refractivity contribution is 0.321. The van der Waals surface area contributed by atoms with Gasteiger partial charge >= 0.3 is 0 Å². The maximum atomic E-state index is 4.76. The van der Waals surface area contributed by atoms with Gasteiger partial charge in [0.1, 0.15) is 0 Å². The molecule has 0 heterocycles. The Hall–Kier alpha value is 0.540. The Morgan fingerprint density at radius 3 is 1.10 bits per heavy atom. The van der Waals surface area contributed by atoms with Crippen molar-refractivity contribution < 1.29 is 0 Å². The van der Waals surface area contributed by atoms with Crippen LogP contribution in [0.25, 0.3) is 0 Å². The lowest BCUT2D eigenvalue weighted by Gasteiger charge is -2.13. The molecule has 0 saturated heterocycles. The van der Waals surface area contributed by atoms with Crippen molar-refractivity contribution in [2.24, 2.45) is 0 Å². The molecule has 0 aliphatic heterocycles. The first-order chi connectivity index (χ1) is 4.76. The molecule has 0 saturated carbocycles. The maximum Gasteiger partial charge on any atom is 0.0967 e. The van der Waals surface area contributed by atoms with Gasteiger partial charge in [-0.2, -0.15) is 0 Å². The van der Waals surface area contributed by atoms with Gasteiger partial charge in [0.25, 0.3) is 0 Å². The van der Waals surface area contributed by atoms with Crippen molar-refractivity contribution in [1.82, 2.24) is 4.90 Å². The van der Waals surface area contributed by atoms with Gasteiger partial charge in [-0.05, 0) is 19.6 Å². The van der Waals surface area contributed by atoms with E-state index in [0.29, 0.717) is 0 Å². The average Bonchev–Trinajstić information content (AvgIpc) is 1.93. The second kappa shape index (κ2) is 12.2. The number of hydrogen-bond acceptors (Lipinski definition) is 1. The summed E-state index contributed by atoms with van der Waals surface area (Å²) in [6.45, 7) is 10.1. The van der Waals surface area contributed by atoms with Gasteiger partial charge in [-0.25, -0.2) is 0 Å². The smallest absolute Gasteiger partial charge is 0.0967 e. The van der Waals surface area contributed by atoms with Gasteiger partial charge in [0.15, 0.2) is 0 Å². The van der Waals surface area contributed by atoms with Gasteiger partial charge < -0.3 is 4.90 Å². The van der Waals surface area contributed by atoms with Crippen LogP contribution in [0.1, 0.15) is 20.8 Å². The number of halogens is 2. The van der Waals surface area contributed by atoms with Crippen LogP contribution >= 0.6 is 23.2 Å². The van der Waals surface area contributed by atoms with Gasteiger partial charge in [0.05, 0.1) is 5.34 Å². The molecule has 3 heteroatoms. The Balaban J connectivity index is 0. The van der Waals surface area contributed by atoms with E-state index in [2.05, 4.69) is 25.7 Å². The summed E-state index contributed by atoms with van der Waals surface area (Å²) in [6.07, 6.45) is 0. The SMILES string of the molecule is CCN(CC)CC.ClCCl. The maximum absolute atomic E-state index is 4.76. The predicted molar refractivity (Wildman–Crippen MR) is 50.0 cm³/mol. The molecule has 0 rings (SSSR count). The summed E-state index contributed by atoms with van der Waals surface area (Å²) in [5.74, 6) is 0.